The van der Waals surface area contributed by atoms with E-state index in [1.54, 1.807) is 4.90 Å². The largest absolute Gasteiger partial charge is 0.465 e. The molecule has 1 aromatic carbocycles. The Balaban J connectivity index is 1.48. The highest BCUT2D eigenvalue weighted by Gasteiger charge is 2.66. The number of hydrogen-bond donors (Lipinski definition) is 1. The molecule has 4 atom stereocenters. The maximum atomic E-state index is 13.4. The number of amides is 1. The molecule has 6 rings (SSSR count). The first-order chi connectivity index (χ1) is 28.3. The molecule has 1 amide bonds. The van der Waals surface area contributed by atoms with Crippen LogP contribution in [0.1, 0.15) is 72.4 Å². The van der Waals surface area contributed by atoms with Gasteiger partial charge in [-0.05, 0) is 61.0 Å². The Morgan fingerprint density at radius 1 is 0.852 bits per heavy atom. The highest BCUT2D eigenvalue weighted by Crippen LogP contribution is 2.59. The quantitative estimate of drug-likeness (QED) is 0.0667. The van der Waals surface area contributed by atoms with Crippen molar-refractivity contribution in [1.82, 2.24) is 24.5 Å². The Bertz CT molecular complexity index is 2100. The van der Waals surface area contributed by atoms with Crippen LogP contribution < -0.4 is 4.90 Å². The summed E-state index contributed by atoms with van der Waals surface area (Å²) in [6.07, 6.45) is 4.61. The molecule has 2 saturated heterocycles. The van der Waals surface area contributed by atoms with Crippen molar-refractivity contribution in [2.75, 3.05) is 31.6 Å². The van der Waals surface area contributed by atoms with Crippen molar-refractivity contribution in [2.24, 2.45) is 5.41 Å². The normalized spacial score (nSPS) is 21.3. The summed E-state index contributed by atoms with van der Waals surface area (Å²) in [5.74, 6) is 0.799. The lowest BCUT2D eigenvalue weighted by Gasteiger charge is -2.56. The zero-order chi connectivity index (χ0) is 44.8. The smallest absolute Gasteiger partial charge is 0.408 e. The average Bonchev–Trinajstić information content (AvgIpc) is 3.67. The van der Waals surface area contributed by atoms with Crippen LogP contribution in [0.2, 0.25) is 69.5 Å². The molecule has 61 heavy (non-hydrogen) atoms. The maximum absolute atomic E-state index is 13.4. The SMILES string of the molecule is CC(C)(C)C12C[C@H](c3cc(N(COCC[Si](C)(C)C)COCC[Si](C)(C)C)n4ncc(-c5ccc(-c6ccccc6)nc5)c4n3)C[C@@H](CC1O[Si](C)(C)C(C)(C)C)N2C(=O)O. The lowest BCUT2D eigenvalue weighted by molar-refractivity contribution is -0.0670. The minimum Gasteiger partial charge on any atom is -0.465 e. The number of fused-ring (bicyclic) bond motifs is 3. The molecule has 0 saturated carbocycles. The van der Waals surface area contributed by atoms with Crippen molar-refractivity contribution >= 4 is 42.0 Å². The second-order valence-corrected chi connectivity index (χ2v) is 38.6. The van der Waals surface area contributed by atoms with Gasteiger partial charge in [0.25, 0.3) is 0 Å². The van der Waals surface area contributed by atoms with Crippen molar-refractivity contribution in [3.05, 3.63) is 66.6 Å². The van der Waals surface area contributed by atoms with E-state index in [2.05, 4.69) is 129 Å². The third-order valence-electron chi connectivity index (χ3n) is 13.5. The number of rotatable bonds is 16. The fraction of sp³-hybridized carbons (Fsp3) is 0.617. The average molecular weight is 887 g/mol. The predicted octanol–water partition coefficient (Wildman–Crippen LogP) is 11.7. The van der Waals surface area contributed by atoms with Crippen LogP contribution in [0.5, 0.6) is 0 Å². The van der Waals surface area contributed by atoms with Gasteiger partial charge in [0.05, 0.1) is 23.5 Å². The lowest BCUT2D eigenvalue weighted by atomic mass is 9.64. The van der Waals surface area contributed by atoms with Gasteiger partial charge in [0.1, 0.15) is 19.3 Å². The van der Waals surface area contributed by atoms with Gasteiger partial charge in [-0.3, -0.25) is 9.88 Å². The van der Waals surface area contributed by atoms with Crippen molar-refractivity contribution < 1.29 is 23.8 Å². The number of nitrogens with zero attached hydrogens (tertiary/aromatic N) is 6. The number of ether oxygens (including phenoxy) is 2. The third-order valence-corrected chi connectivity index (χ3v) is 21.4. The second kappa shape index (κ2) is 17.6. The topological polar surface area (TPSA) is 115 Å². The first-order valence-corrected chi connectivity index (χ1v) is 32.6. The summed E-state index contributed by atoms with van der Waals surface area (Å²) in [6, 6.07) is 18.4. The van der Waals surface area contributed by atoms with Crippen LogP contribution in [-0.4, -0.2) is 105 Å². The number of pyridine rings is 1. The number of aromatic nitrogens is 4. The molecular weight excluding hydrogens is 813 g/mol. The van der Waals surface area contributed by atoms with Gasteiger partial charge in [-0.2, -0.15) is 9.61 Å². The Morgan fingerprint density at radius 2 is 1.48 bits per heavy atom. The molecule has 2 aliphatic heterocycles. The molecule has 2 unspecified atom stereocenters. The Morgan fingerprint density at radius 3 is 2.00 bits per heavy atom. The number of carbonyl (C=O) groups is 1. The van der Waals surface area contributed by atoms with Crippen molar-refractivity contribution in [3.63, 3.8) is 0 Å². The van der Waals surface area contributed by atoms with Crippen LogP contribution in [0.3, 0.4) is 0 Å². The van der Waals surface area contributed by atoms with E-state index in [-0.39, 0.29) is 23.1 Å². The van der Waals surface area contributed by atoms with E-state index in [1.165, 1.54) is 0 Å². The molecule has 11 nitrogen and oxygen atoms in total. The van der Waals surface area contributed by atoms with Crippen molar-refractivity contribution in [3.8, 4) is 22.4 Å². The molecule has 4 aromatic rings. The zero-order valence-corrected chi connectivity index (χ0v) is 42.6. The van der Waals surface area contributed by atoms with E-state index in [0.29, 0.717) is 45.9 Å². The number of carboxylic acid groups (broad SMARTS) is 1. The summed E-state index contributed by atoms with van der Waals surface area (Å²) in [5.41, 5.74) is 4.21. The van der Waals surface area contributed by atoms with Gasteiger partial charge >= 0.3 is 6.09 Å². The van der Waals surface area contributed by atoms with E-state index < -0.39 is 41.5 Å². The van der Waals surface area contributed by atoms with Crippen LogP contribution in [0.25, 0.3) is 28.0 Å². The molecular formula is C47H74N6O5Si3. The van der Waals surface area contributed by atoms with Crippen LogP contribution in [-0.2, 0) is 13.9 Å². The molecule has 2 fully saturated rings. The van der Waals surface area contributed by atoms with E-state index in [1.807, 2.05) is 35.1 Å². The van der Waals surface area contributed by atoms with Gasteiger partial charge in [-0.25, -0.2) is 9.78 Å². The van der Waals surface area contributed by atoms with Gasteiger partial charge in [0, 0.05) is 76.0 Å². The summed E-state index contributed by atoms with van der Waals surface area (Å²) in [7, 11) is -4.94. The fourth-order valence-corrected chi connectivity index (χ4v) is 11.7. The number of piperidine rings is 1. The first-order valence-electron chi connectivity index (χ1n) is 22.3. The number of anilines is 1. The molecule has 2 aliphatic rings. The minimum atomic E-state index is -2.28. The highest BCUT2D eigenvalue weighted by molar-refractivity contribution is 6.76. The van der Waals surface area contributed by atoms with Crippen molar-refractivity contribution in [1.29, 1.82) is 0 Å². The maximum Gasteiger partial charge on any atom is 0.408 e. The molecule has 2 bridgehead atoms. The van der Waals surface area contributed by atoms with Gasteiger partial charge in [-0.1, -0.05) is 117 Å². The van der Waals surface area contributed by atoms with E-state index in [9.17, 15) is 9.90 Å². The van der Waals surface area contributed by atoms with Crippen LogP contribution in [0, 0.1) is 5.41 Å². The summed E-state index contributed by atoms with van der Waals surface area (Å²) in [4.78, 5) is 27.8. The molecule has 0 spiro atoms. The minimum absolute atomic E-state index is 0.0258. The zero-order valence-electron chi connectivity index (χ0n) is 39.6. The molecule has 0 aliphatic carbocycles. The highest BCUT2D eigenvalue weighted by atomic mass is 28.4. The van der Waals surface area contributed by atoms with E-state index >= 15 is 0 Å². The standard InChI is InChI=1S/C47H74N6O5Si3/c1-45(2,3)47-29-36(26-37(52(47)44(54)55)27-41(47)58-61(13,14)46(4,5)6)40-28-42(51(32-56-22-24-59(7,8)9)33-57-23-25-60(10,11)12)53-43(50-40)38(31-49-53)35-20-21-39(48-30-35)34-18-16-15-17-19-34/h15-21,28,30-31,36-37,41H,22-27,29,32-33H2,1-14H3,(H,54,55)/t36-,37+,41?,47?/m1/s1. The third kappa shape index (κ3) is 10.4. The van der Waals surface area contributed by atoms with E-state index in [0.717, 1.165) is 51.6 Å². The molecule has 334 valence electrons. The van der Waals surface area contributed by atoms with Gasteiger partial charge in [-0.15, -0.1) is 0 Å². The number of benzene rings is 1. The monoisotopic (exact) mass is 887 g/mol. The Labute approximate surface area is 368 Å². The van der Waals surface area contributed by atoms with Crippen LogP contribution in [0.4, 0.5) is 10.6 Å². The van der Waals surface area contributed by atoms with E-state index in [4.69, 9.17) is 29.0 Å². The van der Waals surface area contributed by atoms with Gasteiger partial charge < -0.3 is 23.9 Å². The first kappa shape index (κ1) is 47.1. The molecule has 14 heteroatoms. The van der Waals surface area contributed by atoms with Gasteiger partial charge in [0.2, 0.25) is 0 Å². The van der Waals surface area contributed by atoms with Crippen LogP contribution in [0.15, 0.2) is 60.9 Å². The summed E-state index contributed by atoms with van der Waals surface area (Å²) < 4.78 is 22.2. The molecule has 5 heterocycles. The van der Waals surface area contributed by atoms with Gasteiger partial charge in [0.15, 0.2) is 14.0 Å². The molecule has 1 N–H and O–H groups in total. The Kier molecular flexibility index (Phi) is 13.6. The van der Waals surface area contributed by atoms with Crippen LogP contribution >= 0.6 is 0 Å². The lowest BCUT2D eigenvalue weighted by Crippen LogP contribution is -2.66. The number of hydrogen-bond acceptors (Lipinski definition) is 8. The Hall–Kier alpha value is -3.41. The summed E-state index contributed by atoms with van der Waals surface area (Å²) in [5, 5.41) is 16.0. The predicted molar refractivity (Wildman–Crippen MR) is 257 cm³/mol. The fourth-order valence-electron chi connectivity index (χ4n) is 8.84. The summed E-state index contributed by atoms with van der Waals surface area (Å²) >= 11 is 0. The van der Waals surface area contributed by atoms with Crippen molar-refractivity contribution in [2.45, 2.75) is 154 Å². The second-order valence-electron chi connectivity index (χ2n) is 22.6. The summed E-state index contributed by atoms with van der Waals surface area (Å²) in [6.45, 7) is 34.1. The molecule has 0 radical (unpaired) electrons. The molecule has 3 aromatic heterocycles.